The maximum Gasteiger partial charge on any atom is 0.253 e. The predicted molar refractivity (Wildman–Crippen MR) is 111 cm³/mol. The largest absolute Gasteiger partial charge is 0.383 e. The minimum Gasteiger partial charge on any atom is -0.383 e. The highest BCUT2D eigenvalue weighted by Crippen LogP contribution is 2.29. The van der Waals surface area contributed by atoms with Crippen LogP contribution in [0.4, 0.5) is 14.5 Å². The minimum absolute atomic E-state index is 0.147. The fourth-order valence-electron chi connectivity index (χ4n) is 3.39. The monoisotopic (exact) mass is 428 g/mol. The molecule has 1 aromatic carbocycles. The van der Waals surface area contributed by atoms with Gasteiger partial charge in [-0.05, 0) is 37.3 Å². The quantitative estimate of drug-likeness (QED) is 0.247. The van der Waals surface area contributed by atoms with Gasteiger partial charge in [-0.15, -0.1) is 0 Å². The summed E-state index contributed by atoms with van der Waals surface area (Å²) >= 11 is 0. The van der Waals surface area contributed by atoms with Crippen LogP contribution in [0.15, 0.2) is 18.2 Å². The number of aliphatic hydroxyl groups excluding tert-OH is 1. The molecule has 1 aliphatic rings. The summed E-state index contributed by atoms with van der Waals surface area (Å²) < 4.78 is 25.7. The average molecular weight is 429 g/mol. The molecular weight excluding hydrogens is 394 g/mol. The molecule has 0 saturated heterocycles. The lowest BCUT2D eigenvalue weighted by molar-refractivity contribution is -0.129. The van der Waals surface area contributed by atoms with Gasteiger partial charge in [-0.3, -0.25) is 14.8 Å². The number of hydrogen-bond donors (Lipinski definition) is 4. The molecule has 2 amide bonds. The minimum atomic E-state index is -1.11. The highest BCUT2D eigenvalue weighted by molar-refractivity contribution is 5.93. The number of rotatable bonds is 10. The molecular formula is C22H34F2N2O4. The third kappa shape index (κ3) is 10.6. The Bertz CT molecular complexity index is 652. The van der Waals surface area contributed by atoms with Crippen molar-refractivity contribution in [2.24, 2.45) is 5.92 Å². The van der Waals surface area contributed by atoms with Crippen LogP contribution in [0.2, 0.25) is 0 Å². The predicted octanol–water partition coefficient (Wildman–Crippen LogP) is 4.70. The molecule has 170 valence electrons. The van der Waals surface area contributed by atoms with Crippen molar-refractivity contribution in [2.45, 2.75) is 83.7 Å². The van der Waals surface area contributed by atoms with E-state index in [0.29, 0.717) is 18.8 Å². The normalized spacial score (nSPS) is 14.6. The van der Waals surface area contributed by atoms with Crippen LogP contribution in [-0.4, -0.2) is 28.2 Å². The number of amides is 2. The summed E-state index contributed by atoms with van der Waals surface area (Å²) in [6.45, 7) is 2.12. The van der Waals surface area contributed by atoms with Crippen LogP contribution >= 0.6 is 0 Å². The van der Waals surface area contributed by atoms with Gasteiger partial charge in [0, 0.05) is 18.2 Å². The van der Waals surface area contributed by atoms with Crippen molar-refractivity contribution in [1.29, 1.82) is 0 Å². The van der Waals surface area contributed by atoms with Crippen LogP contribution < -0.4 is 10.8 Å². The van der Waals surface area contributed by atoms with Gasteiger partial charge >= 0.3 is 0 Å². The van der Waals surface area contributed by atoms with Crippen LogP contribution in [0.3, 0.4) is 0 Å². The van der Waals surface area contributed by atoms with Crippen LogP contribution in [0.1, 0.15) is 77.6 Å². The third-order valence-electron chi connectivity index (χ3n) is 5.19. The lowest BCUT2D eigenvalue weighted by Gasteiger charge is -2.14. The Balaban J connectivity index is 0.000000382. The molecule has 0 aromatic heterocycles. The number of carbonyl (C=O) groups is 2. The Morgan fingerprint density at radius 1 is 1.13 bits per heavy atom. The van der Waals surface area contributed by atoms with Crippen LogP contribution in [-0.2, 0) is 9.59 Å². The van der Waals surface area contributed by atoms with Gasteiger partial charge in [-0.2, -0.15) is 0 Å². The van der Waals surface area contributed by atoms with Crippen molar-refractivity contribution in [3.63, 3.8) is 0 Å². The first-order chi connectivity index (χ1) is 14.4. The van der Waals surface area contributed by atoms with Crippen molar-refractivity contribution in [3.8, 4) is 0 Å². The summed E-state index contributed by atoms with van der Waals surface area (Å²) in [5.74, 6) is -2.25. The Morgan fingerprint density at radius 2 is 1.83 bits per heavy atom. The second-order valence-electron chi connectivity index (χ2n) is 7.71. The molecule has 4 N–H and O–H groups in total. The number of aliphatic hydroxyl groups is 1. The molecule has 1 fully saturated rings. The van der Waals surface area contributed by atoms with E-state index < -0.39 is 23.6 Å². The number of unbranched alkanes of at least 4 members (excludes halogenated alkanes) is 3. The molecule has 0 spiro atoms. The van der Waals surface area contributed by atoms with Gasteiger partial charge in [0.25, 0.3) is 5.91 Å². The summed E-state index contributed by atoms with van der Waals surface area (Å²) in [6.07, 6.45) is 9.62. The van der Waals surface area contributed by atoms with E-state index in [2.05, 4.69) is 12.2 Å². The van der Waals surface area contributed by atoms with Crippen molar-refractivity contribution in [3.05, 3.63) is 29.8 Å². The molecule has 1 atom stereocenters. The lowest BCUT2D eigenvalue weighted by atomic mass is 9.99. The lowest BCUT2D eigenvalue weighted by Crippen LogP contribution is -2.28. The number of halogens is 2. The number of carbonyl (C=O) groups excluding carboxylic acids is 2. The van der Waals surface area contributed by atoms with Gasteiger partial charge in [-0.25, -0.2) is 14.3 Å². The van der Waals surface area contributed by atoms with E-state index in [1.54, 1.807) is 5.48 Å². The van der Waals surface area contributed by atoms with Gasteiger partial charge in [-0.1, -0.05) is 51.9 Å². The molecule has 6 nitrogen and oxygen atoms in total. The fourth-order valence-corrected chi connectivity index (χ4v) is 3.39. The summed E-state index contributed by atoms with van der Waals surface area (Å²) in [4.78, 5) is 22.2. The summed E-state index contributed by atoms with van der Waals surface area (Å²) in [5, 5.41) is 20.3. The van der Waals surface area contributed by atoms with E-state index in [9.17, 15) is 23.5 Å². The number of hydrogen-bond acceptors (Lipinski definition) is 4. The zero-order valence-corrected chi connectivity index (χ0v) is 17.6. The first-order valence-corrected chi connectivity index (χ1v) is 10.7. The summed E-state index contributed by atoms with van der Waals surface area (Å²) in [5.41, 5.74) is 1.75. The summed E-state index contributed by atoms with van der Waals surface area (Å²) in [7, 11) is 0. The molecule has 0 radical (unpaired) electrons. The molecule has 8 heteroatoms. The van der Waals surface area contributed by atoms with Gasteiger partial charge < -0.3 is 10.4 Å². The number of benzene rings is 1. The van der Waals surface area contributed by atoms with Crippen molar-refractivity contribution in [1.82, 2.24) is 5.48 Å². The van der Waals surface area contributed by atoms with Crippen molar-refractivity contribution >= 4 is 17.5 Å². The van der Waals surface area contributed by atoms with E-state index in [0.717, 1.165) is 44.2 Å². The second-order valence-corrected chi connectivity index (χ2v) is 7.71. The van der Waals surface area contributed by atoms with Crippen LogP contribution in [0.25, 0.3) is 0 Å². The average Bonchev–Trinajstić information content (AvgIpc) is 3.26. The Kier molecular flexibility index (Phi) is 12.9. The number of hydroxylamine groups is 1. The molecule has 1 aliphatic carbocycles. The Morgan fingerprint density at radius 3 is 2.43 bits per heavy atom. The van der Waals surface area contributed by atoms with Gasteiger partial charge in [0.2, 0.25) is 5.91 Å². The number of nitrogens with one attached hydrogen (secondary N) is 2. The Hall–Kier alpha value is -2.06. The molecule has 1 saturated carbocycles. The van der Waals surface area contributed by atoms with Gasteiger partial charge in [0.05, 0.1) is 0 Å². The first-order valence-electron chi connectivity index (χ1n) is 10.7. The van der Waals surface area contributed by atoms with Gasteiger partial charge in [0.1, 0.15) is 6.10 Å². The van der Waals surface area contributed by atoms with E-state index in [4.69, 9.17) is 5.21 Å². The van der Waals surface area contributed by atoms with E-state index in [-0.39, 0.29) is 11.6 Å². The third-order valence-corrected chi connectivity index (χ3v) is 5.19. The zero-order chi connectivity index (χ0) is 22.4. The zero-order valence-electron chi connectivity index (χ0n) is 17.6. The van der Waals surface area contributed by atoms with E-state index in [1.165, 1.54) is 31.7 Å². The van der Waals surface area contributed by atoms with Crippen molar-refractivity contribution < 1.29 is 28.7 Å². The maximum absolute atomic E-state index is 13.0. The fraction of sp³-hybridized carbons (Fsp3) is 0.636. The van der Waals surface area contributed by atoms with Crippen LogP contribution in [0.5, 0.6) is 0 Å². The molecule has 0 bridgehead atoms. The van der Waals surface area contributed by atoms with E-state index in [1.807, 2.05) is 0 Å². The topological polar surface area (TPSA) is 98.7 Å². The molecule has 1 aromatic rings. The molecule has 0 aliphatic heterocycles. The molecule has 1 unspecified atom stereocenters. The summed E-state index contributed by atoms with van der Waals surface area (Å²) in [6, 6.07) is 3.10. The highest BCUT2D eigenvalue weighted by Gasteiger charge is 2.20. The van der Waals surface area contributed by atoms with Crippen LogP contribution in [0, 0.1) is 17.6 Å². The van der Waals surface area contributed by atoms with Gasteiger partial charge in [0.15, 0.2) is 11.6 Å². The second kappa shape index (κ2) is 14.8. The maximum atomic E-state index is 13.0. The molecule has 0 heterocycles. The number of anilines is 1. The molecule has 30 heavy (non-hydrogen) atoms. The highest BCUT2D eigenvalue weighted by atomic mass is 19.2. The van der Waals surface area contributed by atoms with E-state index >= 15 is 0 Å². The smallest absolute Gasteiger partial charge is 0.253 e. The molecule has 2 rings (SSSR count). The first kappa shape index (κ1) is 26.0. The SMILES string of the molecule is CCCCCCC(=O)NO.O=C(Nc1ccc(F)c(F)c1)C(O)CCC1CCCC1. The Labute approximate surface area is 177 Å². The van der Waals surface area contributed by atoms with Crippen molar-refractivity contribution in [2.75, 3.05) is 5.32 Å². The standard InChI is InChI=1S/C15H19F2NO2.C7H15NO2/c16-12-7-6-11(9-13(12)17)18-15(20)14(19)8-5-10-3-1-2-4-10;1-2-3-4-5-6-7(9)8-10/h6-7,9-10,14,19H,1-5,8H2,(H,18,20);10H,2-6H2,1H3,(H,8,9).